The van der Waals surface area contributed by atoms with E-state index >= 15 is 0 Å². The van der Waals surface area contributed by atoms with Gasteiger partial charge in [-0.05, 0) is 13.0 Å². The van der Waals surface area contributed by atoms with Crippen molar-refractivity contribution in [2.45, 2.75) is 13.1 Å². The number of nitro groups is 1. The van der Waals surface area contributed by atoms with Crippen molar-refractivity contribution in [1.82, 2.24) is 10.9 Å². The van der Waals surface area contributed by atoms with E-state index in [0.717, 1.165) is 0 Å². The van der Waals surface area contributed by atoms with Gasteiger partial charge in [-0.25, -0.2) is 10.2 Å². The molecular formula is C9H10N4O3. The number of hydrogen-bond acceptors (Lipinski definition) is 4. The molecule has 1 heterocycles. The highest BCUT2D eigenvalue weighted by Crippen LogP contribution is 2.23. The highest BCUT2D eigenvalue weighted by Gasteiger charge is 2.28. The summed E-state index contributed by atoms with van der Waals surface area (Å²) < 4.78 is 0. The van der Waals surface area contributed by atoms with E-state index in [9.17, 15) is 14.9 Å². The number of amides is 2. The third-order valence-corrected chi connectivity index (χ3v) is 2.31. The number of urea groups is 1. The highest BCUT2D eigenvalue weighted by atomic mass is 16.6. The van der Waals surface area contributed by atoms with Gasteiger partial charge >= 0.3 is 6.03 Å². The van der Waals surface area contributed by atoms with Crippen molar-refractivity contribution in [2.24, 2.45) is 0 Å². The van der Waals surface area contributed by atoms with Gasteiger partial charge in [-0.15, -0.1) is 0 Å². The minimum atomic E-state index is -0.491. The van der Waals surface area contributed by atoms with Gasteiger partial charge in [0.2, 0.25) is 0 Å². The Morgan fingerprint density at radius 1 is 1.50 bits per heavy atom. The summed E-state index contributed by atoms with van der Waals surface area (Å²) in [5, 5.41) is 10.6. The number of non-ortho nitro benzene ring substituents is 1. The number of benzene rings is 1. The lowest BCUT2D eigenvalue weighted by Crippen LogP contribution is -2.34. The first-order chi connectivity index (χ1) is 7.59. The Bertz CT molecular complexity index is 448. The molecule has 0 radical (unpaired) electrons. The summed E-state index contributed by atoms with van der Waals surface area (Å²) in [5.41, 5.74) is 5.61. The molecule has 2 amide bonds. The molecule has 1 fully saturated rings. The van der Waals surface area contributed by atoms with Gasteiger partial charge in [0.1, 0.15) is 6.17 Å². The van der Waals surface area contributed by atoms with Gasteiger partial charge in [0.05, 0.1) is 10.6 Å². The highest BCUT2D eigenvalue weighted by molar-refractivity contribution is 5.94. The molecule has 1 aliphatic rings. The summed E-state index contributed by atoms with van der Waals surface area (Å²) in [7, 11) is 0. The molecule has 1 aliphatic heterocycles. The van der Waals surface area contributed by atoms with Crippen LogP contribution in [0.3, 0.4) is 0 Å². The molecule has 2 rings (SSSR count). The summed E-state index contributed by atoms with van der Waals surface area (Å²) in [5.74, 6) is 0. The fourth-order valence-corrected chi connectivity index (χ4v) is 1.56. The molecule has 0 aromatic heterocycles. The maximum absolute atomic E-state index is 11.4. The predicted octanol–water partition coefficient (Wildman–Crippen LogP) is 0.975. The van der Waals surface area contributed by atoms with Gasteiger partial charge in [-0.3, -0.25) is 20.4 Å². The largest absolute Gasteiger partial charge is 0.337 e. The Morgan fingerprint density at radius 3 is 2.81 bits per heavy atom. The second-order valence-electron chi connectivity index (χ2n) is 3.40. The molecule has 2 N–H and O–H groups in total. The maximum Gasteiger partial charge on any atom is 0.337 e. The average molecular weight is 222 g/mol. The zero-order valence-corrected chi connectivity index (χ0v) is 8.51. The van der Waals surface area contributed by atoms with Crippen LogP contribution in [0.15, 0.2) is 24.3 Å². The molecule has 0 spiro atoms. The third kappa shape index (κ3) is 1.68. The molecule has 1 aromatic rings. The molecule has 1 atom stereocenters. The zero-order valence-electron chi connectivity index (χ0n) is 8.51. The smallest absolute Gasteiger partial charge is 0.276 e. The fraction of sp³-hybridized carbons (Fsp3) is 0.222. The number of carbonyl (C=O) groups is 1. The van der Waals surface area contributed by atoms with E-state index in [1.807, 2.05) is 0 Å². The number of hydrazine groups is 1. The molecule has 84 valence electrons. The molecule has 1 unspecified atom stereocenters. The molecule has 1 saturated heterocycles. The topological polar surface area (TPSA) is 87.5 Å². The summed E-state index contributed by atoms with van der Waals surface area (Å²) >= 11 is 0. The Labute approximate surface area is 91.2 Å². The molecule has 7 nitrogen and oxygen atoms in total. The van der Waals surface area contributed by atoms with Crippen LogP contribution in [-0.2, 0) is 0 Å². The normalized spacial score (nSPS) is 19.7. The van der Waals surface area contributed by atoms with E-state index in [0.29, 0.717) is 5.69 Å². The SMILES string of the molecule is CC1NNC(=O)N1c1cccc([N+](=O)[O-])c1. The van der Waals surface area contributed by atoms with E-state index in [1.54, 1.807) is 19.1 Å². The average Bonchev–Trinajstić information content (AvgIpc) is 2.59. The van der Waals surface area contributed by atoms with Gasteiger partial charge in [-0.1, -0.05) is 6.07 Å². The van der Waals surface area contributed by atoms with Crippen LogP contribution < -0.4 is 15.8 Å². The minimum absolute atomic E-state index is 0.0376. The van der Waals surface area contributed by atoms with Crippen molar-refractivity contribution in [3.05, 3.63) is 34.4 Å². The predicted molar refractivity (Wildman–Crippen MR) is 56.7 cm³/mol. The molecule has 0 saturated carbocycles. The second-order valence-corrected chi connectivity index (χ2v) is 3.40. The van der Waals surface area contributed by atoms with Crippen LogP contribution in [0.1, 0.15) is 6.92 Å². The van der Waals surface area contributed by atoms with Crippen molar-refractivity contribution < 1.29 is 9.72 Å². The zero-order chi connectivity index (χ0) is 11.7. The van der Waals surface area contributed by atoms with Crippen LogP contribution in [0.25, 0.3) is 0 Å². The second kappa shape index (κ2) is 3.78. The minimum Gasteiger partial charge on any atom is -0.276 e. The fourth-order valence-electron chi connectivity index (χ4n) is 1.56. The van der Waals surface area contributed by atoms with Crippen molar-refractivity contribution in [3.8, 4) is 0 Å². The van der Waals surface area contributed by atoms with E-state index in [2.05, 4.69) is 10.9 Å². The van der Waals surface area contributed by atoms with Gasteiger partial charge in [0, 0.05) is 12.1 Å². The van der Waals surface area contributed by atoms with Crippen LogP contribution in [-0.4, -0.2) is 17.1 Å². The summed E-state index contributed by atoms with van der Waals surface area (Å²) in [6.45, 7) is 1.77. The molecule has 7 heteroatoms. The number of nitrogens with zero attached hydrogens (tertiary/aromatic N) is 2. The van der Waals surface area contributed by atoms with Crippen LogP contribution >= 0.6 is 0 Å². The van der Waals surface area contributed by atoms with Crippen molar-refractivity contribution in [3.63, 3.8) is 0 Å². The number of rotatable bonds is 2. The van der Waals surface area contributed by atoms with E-state index in [-0.39, 0.29) is 17.9 Å². The van der Waals surface area contributed by atoms with Crippen LogP contribution in [0.2, 0.25) is 0 Å². The van der Waals surface area contributed by atoms with Crippen LogP contribution in [0.4, 0.5) is 16.2 Å². The van der Waals surface area contributed by atoms with Crippen molar-refractivity contribution in [1.29, 1.82) is 0 Å². The monoisotopic (exact) mass is 222 g/mol. The molecule has 0 bridgehead atoms. The summed E-state index contributed by atoms with van der Waals surface area (Å²) in [4.78, 5) is 23.0. The van der Waals surface area contributed by atoms with Gasteiger partial charge < -0.3 is 0 Å². The van der Waals surface area contributed by atoms with Crippen molar-refractivity contribution in [2.75, 3.05) is 4.90 Å². The van der Waals surface area contributed by atoms with E-state index < -0.39 is 4.92 Å². The van der Waals surface area contributed by atoms with Crippen molar-refractivity contribution >= 4 is 17.4 Å². The Kier molecular flexibility index (Phi) is 2.45. The summed E-state index contributed by atoms with van der Waals surface area (Å²) in [6.07, 6.45) is -0.241. The quantitative estimate of drug-likeness (QED) is 0.576. The van der Waals surface area contributed by atoms with Gasteiger partial charge in [0.15, 0.2) is 0 Å². The van der Waals surface area contributed by atoms with Gasteiger partial charge in [0.25, 0.3) is 5.69 Å². The molecular weight excluding hydrogens is 212 g/mol. The first-order valence-corrected chi connectivity index (χ1v) is 4.69. The maximum atomic E-state index is 11.4. The van der Waals surface area contributed by atoms with E-state index in [4.69, 9.17) is 0 Å². The lowest BCUT2D eigenvalue weighted by atomic mass is 10.2. The molecule has 0 aliphatic carbocycles. The Balaban J connectivity index is 2.36. The first kappa shape index (κ1) is 10.4. The number of anilines is 1. The van der Waals surface area contributed by atoms with Crippen LogP contribution in [0, 0.1) is 10.1 Å². The third-order valence-electron chi connectivity index (χ3n) is 2.31. The number of hydrogen-bond donors (Lipinski definition) is 2. The Morgan fingerprint density at radius 2 is 2.25 bits per heavy atom. The standard InChI is InChI=1S/C9H10N4O3/c1-6-10-11-9(14)12(6)7-3-2-4-8(5-7)13(15)16/h2-6,10H,1H3,(H,11,14). The van der Waals surface area contributed by atoms with E-state index in [1.165, 1.54) is 17.0 Å². The first-order valence-electron chi connectivity index (χ1n) is 4.69. The lowest BCUT2D eigenvalue weighted by Gasteiger charge is -2.18. The molecule has 16 heavy (non-hydrogen) atoms. The Hall–Kier alpha value is -2.15. The van der Waals surface area contributed by atoms with Gasteiger partial charge in [-0.2, -0.15) is 0 Å². The molecule has 1 aromatic carbocycles. The number of nitrogens with one attached hydrogen (secondary N) is 2. The lowest BCUT2D eigenvalue weighted by molar-refractivity contribution is -0.384. The van der Waals surface area contributed by atoms with Crippen LogP contribution in [0.5, 0.6) is 0 Å². The number of carbonyl (C=O) groups excluding carboxylic acids is 1. The summed E-state index contributed by atoms with van der Waals surface area (Å²) in [6, 6.07) is 5.62. The number of nitro benzene ring substituents is 1.